The number of aliphatic hydroxyl groups is 1. The van der Waals surface area contributed by atoms with Gasteiger partial charge in [-0.3, -0.25) is 9.79 Å². The van der Waals surface area contributed by atoms with E-state index >= 15 is 0 Å². The molecule has 0 saturated carbocycles. The van der Waals surface area contributed by atoms with Crippen LogP contribution in [0.2, 0.25) is 0 Å². The quantitative estimate of drug-likeness (QED) is 0.701. The van der Waals surface area contributed by atoms with Gasteiger partial charge in [-0.25, -0.2) is 4.79 Å². The first-order valence-electron chi connectivity index (χ1n) is 7.64. The Bertz CT molecular complexity index is 581. The summed E-state index contributed by atoms with van der Waals surface area (Å²) in [6.07, 6.45) is 0.421. The third-order valence-corrected chi connectivity index (χ3v) is 4.87. The number of carboxylic acids is 1. The molecule has 1 saturated heterocycles. The lowest BCUT2D eigenvalue weighted by Gasteiger charge is -2.44. The molecule has 0 radical (unpaired) electrons. The summed E-state index contributed by atoms with van der Waals surface area (Å²) in [4.78, 5) is 31.4. The Kier molecular flexibility index (Phi) is 3.68. The van der Waals surface area contributed by atoms with Crippen LogP contribution < -0.4 is 0 Å². The highest BCUT2D eigenvalue weighted by molar-refractivity contribution is 5.99. The molecular formula is C15H21N3O4. The molecule has 0 bridgehead atoms. The topological polar surface area (TPSA) is 93.4 Å². The number of fused-ring (bicyclic) bond motifs is 1. The molecule has 0 aromatic rings. The van der Waals surface area contributed by atoms with E-state index in [2.05, 4.69) is 9.89 Å². The zero-order valence-corrected chi connectivity index (χ0v) is 12.8. The minimum absolute atomic E-state index is 0.126. The van der Waals surface area contributed by atoms with Crippen molar-refractivity contribution in [3.63, 3.8) is 0 Å². The highest BCUT2D eigenvalue weighted by Crippen LogP contribution is 2.44. The number of hydrogen-bond donors (Lipinski definition) is 2. The smallest absolute Gasteiger partial charge is 0.352 e. The lowest BCUT2D eigenvalue weighted by molar-refractivity contribution is -0.161. The molecule has 7 nitrogen and oxygen atoms in total. The van der Waals surface area contributed by atoms with Gasteiger partial charge in [0.05, 0.1) is 30.4 Å². The summed E-state index contributed by atoms with van der Waals surface area (Å²) in [5, 5.41) is 19.1. The molecule has 3 aliphatic heterocycles. The summed E-state index contributed by atoms with van der Waals surface area (Å²) < 4.78 is 0. The van der Waals surface area contributed by atoms with Crippen LogP contribution in [0.15, 0.2) is 16.3 Å². The molecule has 1 amide bonds. The van der Waals surface area contributed by atoms with Crippen molar-refractivity contribution in [3.8, 4) is 0 Å². The van der Waals surface area contributed by atoms with E-state index in [1.54, 1.807) is 6.92 Å². The Morgan fingerprint density at radius 1 is 1.50 bits per heavy atom. The molecule has 0 aromatic heterocycles. The number of amidine groups is 1. The summed E-state index contributed by atoms with van der Waals surface area (Å²) in [5.41, 5.74) is 0.925. The van der Waals surface area contributed by atoms with Gasteiger partial charge >= 0.3 is 5.97 Å². The molecule has 3 atom stereocenters. The first kappa shape index (κ1) is 15.0. The van der Waals surface area contributed by atoms with E-state index in [-0.39, 0.29) is 17.6 Å². The van der Waals surface area contributed by atoms with Crippen LogP contribution in [0.5, 0.6) is 0 Å². The maximum absolute atomic E-state index is 12.1. The van der Waals surface area contributed by atoms with E-state index in [4.69, 9.17) is 0 Å². The van der Waals surface area contributed by atoms with Crippen LogP contribution in [0.1, 0.15) is 26.7 Å². The second kappa shape index (κ2) is 5.39. The second-order valence-electron chi connectivity index (χ2n) is 6.17. The number of aliphatic imine (C=N–C) groups is 1. The van der Waals surface area contributed by atoms with Gasteiger partial charge in [-0.05, 0) is 32.3 Å². The van der Waals surface area contributed by atoms with Gasteiger partial charge in [-0.2, -0.15) is 0 Å². The Morgan fingerprint density at radius 3 is 2.77 bits per heavy atom. The van der Waals surface area contributed by atoms with Crippen LogP contribution in [-0.4, -0.2) is 69.5 Å². The number of hydrogen-bond acceptors (Lipinski definition) is 5. The molecule has 0 aromatic carbocycles. The minimum atomic E-state index is -1.05. The molecular weight excluding hydrogens is 286 g/mol. The predicted molar refractivity (Wildman–Crippen MR) is 79.2 cm³/mol. The molecule has 22 heavy (non-hydrogen) atoms. The number of carboxylic acid groups (broad SMARTS) is 1. The number of carbonyl (C=O) groups excluding carboxylic acids is 1. The molecule has 0 unspecified atom stereocenters. The number of β-lactam (4-membered cyclic amide) rings is 1. The van der Waals surface area contributed by atoms with E-state index in [9.17, 15) is 19.8 Å². The molecule has 3 heterocycles. The van der Waals surface area contributed by atoms with Gasteiger partial charge in [0.15, 0.2) is 0 Å². The van der Waals surface area contributed by atoms with E-state index < -0.39 is 18.0 Å². The molecule has 1 fully saturated rings. The Balaban J connectivity index is 1.74. The van der Waals surface area contributed by atoms with Crippen molar-refractivity contribution in [2.45, 2.75) is 38.8 Å². The number of aliphatic hydroxyl groups excluding tert-OH is 1. The van der Waals surface area contributed by atoms with Crippen LogP contribution >= 0.6 is 0 Å². The normalized spacial score (nSPS) is 28.7. The largest absolute Gasteiger partial charge is 0.477 e. The summed E-state index contributed by atoms with van der Waals surface area (Å²) in [7, 11) is 0. The van der Waals surface area contributed by atoms with Crippen molar-refractivity contribution < 1.29 is 19.8 Å². The number of carbonyl (C=O) groups is 2. The molecule has 120 valence electrons. The van der Waals surface area contributed by atoms with Crippen LogP contribution in [0, 0.1) is 5.92 Å². The summed E-state index contributed by atoms with van der Waals surface area (Å²) in [6, 6.07) is -0.193. The van der Waals surface area contributed by atoms with Gasteiger partial charge in [-0.15, -0.1) is 0 Å². The second-order valence-corrected chi connectivity index (χ2v) is 6.17. The Morgan fingerprint density at radius 2 is 2.23 bits per heavy atom. The van der Waals surface area contributed by atoms with Gasteiger partial charge in [-0.1, -0.05) is 0 Å². The summed E-state index contributed by atoms with van der Waals surface area (Å²) >= 11 is 0. The maximum atomic E-state index is 12.1. The number of nitrogens with zero attached hydrogens (tertiary/aromatic N) is 3. The Hall–Kier alpha value is -1.89. The average molecular weight is 307 g/mol. The lowest BCUT2D eigenvalue weighted by atomic mass is 9.83. The van der Waals surface area contributed by atoms with E-state index in [0.29, 0.717) is 12.8 Å². The standard InChI is InChI=1S/C15H21N3O4/c1-8(19)12-11-7-10(3-5-17-6-4-16-9(17)2)13(15(21)22)18(11)14(12)20/h8,11-12,19H,3-7H2,1-2H3,(H,21,22)/t8-,11-,12-/m1/s1. The van der Waals surface area contributed by atoms with Crippen molar-refractivity contribution in [1.82, 2.24) is 9.80 Å². The first-order chi connectivity index (χ1) is 10.4. The fraction of sp³-hybridized carbons (Fsp3) is 0.667. The van der Waals surface area contributed by atoms with Gasteiger partial charge < -0.3 is 20.0 Å². The molecule has 2 N–H and O–H groups in total. The first-order valence-corrected chi connectivity index (χ1v) is 7.64. The minimum Gasteiger partial charge on any atom is -0.477 e. The van der Waals surface area contributed by atoms with Gasteiger partial charge in [0.1, 0.15) is 5.70 Å². The fourth-order valence-corrected chi connectivity index (χ4v) is 3.72. The molecule has 3 aliphatic rings. The van der Waals surface area contributed by atoms with Crippen molar-refractivity contribution in [3.05, 3.63) is 11.3 Å². The molecule has 0 spiro atoms. The van der Waals surface area contributed by atoms with Crippen LogP contribution in [0.3, 0.4) is 0 Å². The number of aliphatic carboxylic acids is 1. The zero-order valence-electron chi connectivity index (χ0n) is 12.8. The van der Waals surface area contributed by atoms with Crippen molar-refractivity contribution in [2.75, 3.05) is 19.6 Å². The molecule has 3 rings (SSSR count). The number of rotatable bonds is 5. The Labute approximate surface area is 128 Å². The third kappa shape index (κ3) is 2.20. The zero-order chi connectivity index (χ0) is 16.0. The summed E-state index contributed by atoms with van der Waals surface area (Å²) in [6.45, 7) is 5.91. The van der Waals surface area contributed by atoms with E-state index in [1.807, 2.05) is 6.92 Å². The van der Waals surface area contributed by atoms with Crippen molar-refractivity contribution >= 4 is 17.7 Å². The SMILES string of the molecule is CC1=NCCN1CCC1=C(C(=O)O)N2C(=O)[C@H]([C@@H](C)O)[C@H]2C1. The van der Waals surface area contributed by atoms with Crippen LogP contribution in [0.25, 0.3) is 0 Å². The molecule has 0 aliphatic carbocycles. The number of amides is 1. The van der Waals surface area contributed by atoms with E-state index in [1.165, 1.54) is 4.90 Å². The summed E-state index contributed by atoms with van der Waals surface area (Å²) in [5.74, 6) is -0.813. The van der Waals surface area contributed by atoms with Crippen molar-refractivity contribution in [1.29, 1.82) is 0 Å². The highest BCUT2D eigenvalue weighted by Gasteiger charge is 2.56. The van der Waals surface area contributed by atoms with Gasteiger partial charge in [0.25, 0.3) is 0 Å². The van der Waals surface area contributed by atoms with Gasteiger partial charge in [0, 0.05) is 13.1 Å². The van der Waals surface area contributed by atoms with Gasteiger partial charge in [0.2, 0.25) is 5.91 Å². The van der Waals surface area contributed by atoms with Crippen molar-refractivity contribution in [2.24, 2.45) is 10.9 Å². The monoisotopic (exact) mass is 307 g/mol. The lowest BCUT2D eigenvalue weighted by Crippen LogP contribution is -2.61. The molecule has 7 heteroatoms. The fourth-order valence-electron chi connectivity index (χ4n) is 3.72. The van der Waals surface area contributed by atoms with E-state index in [0.717, 1.165) is 31.0 Å². The average Bonchev–Trinajstić information content (AvgIpc) is 2.97. The van der Waals surface area contributed by atoms with Crippen LogP contribution in [0.4, 0.5) is 0 Å². The maximum Gasteiger partial charge on any atom is 0.352 e. The van der Waals surface area contributed by atoms with Crippen LogP contribution in [-0.2, 0) is 9.59 Å². The highest BCUT2D eigenvalue weighted by atomic mass is 16.4. The predicted octanol–water partition coefficient (Wildman–Crippen LogP) is 0.0607. The third-order valence-electron chi connectivity index (χ3n) is 4.87.